The summed E-state index contributed by atoms with van der Waals surface area (Å²) in [7, 11) is 1.94. The quantitative estimate of drug-likeness (QED) is 0.405. The first-order chi connectivity index (χ1) is 11.5. The second-order valence-electron chi connectivity index (χ2n) is 5.38. The van der Waals surface area contributed by atoms with Crippen molar-refractivity contribution in [1.82, 2.24) is 19.1 Å². The van der Waals surface area contributed by atoms with Crippen molar-refractivity contribution in [3.63, 3.8) is 0 Å². The van der Waals surface area contributed by atoms with Gasteiger partial charge in [0.2, 0.25) is 0 Å². The van der Waals surface area contributed by atoms with Crippen molar-refractivity contribution in [1.29, 1.82) is 0 Å². The van der Waals surface area contributed by atoms with Crippen LogP contribution in [0.5, 0.6) is 0 Å². The van der Waals surface area contributed by atoms with Crippen LogP contribution in [0.1, 0.15) is 9.68 Å². The molecule has 0 radical (unpaired) electrons. The van der Waals surface area contributed by atoms with E-state index in [1.807, 2.05) is 34.4 Å². The number of aryl methyl sites for hydroxylation is 2. The number of fused-ring (bicyclic) bond motifs is 7. The van der Waals surface area contributed by atoms with Crippen molar-refractivity contribution >= 4 is 22.1 Å². The predicted octanol–water partition coefficient (Wildman–Crippen LogP) is 1.78. The van der Waals surface area contributed by atoms with Crippen molar-refractivity contribution in [2.45, 2.75) is 6.54 Å². The van der Waals surface area contributed by atoms with E-state index in [0.29, 0.717) is 17.9 Å². The van der Waals surface area contributed by atoms with E-state index >= 15 is 0 Å². The van der Waals surface area contributed by atoms with E-state index in [1.165, 1.54) is 4.57 Å². The van der Waals surface area contributed by atoms with Gasteiger partial charge in [-0.15, -0.1) is 0 Å². The van der Waals surface area contributed by atoms with Crippen LogP contribution in [0.25, 0.3) is 33.6 Å². The molecule has 0 fully saturated rings. The summed E-state index contributed by atoms with van der Waals surface area (Å²) < 4.78 is 29.8. The molecule has 0 bridgehead atoms. The molecule has 0 atom stereocenters. The lowest BCUT2D eigenvalue weighted by molar-refractivity contribution is -0.648. The van der Waals surface area contributed by atoms with Gasteiger partial charge < -0.3 is 0 Å². The van der Waals surface area contributed by atoms with Crippen LogP contribution >= 0.6 is 0 Å². The van der Waals surface area contributed by atoms with Gasteiger partial charge in [-0.25, -0.2) is 9.55 Å². The van der Waals surface area contributed by atoms with Gasteiger partial charge >= 0.3 is 0 Å². The van der Waals surface area contributed by atoms with Gasteiger partial charge in [-0.2, -0.15) is 0 Å². The molecular weight excluding hydrogens is 262 g/mol. The third-order valence-corrected chi connectivity index (χ3v) is 4.32. The van der Waals surface area contributed by atoms with Crippen molar-refractivity contribution < 1.29 is 8.68 Å². The van der Waals surface area contributed by atoms with Crippen LogP contribution in [0.15, 0.2) is 36.8 Å². The van der Waals surface area contributed by atoms with Crippen LogP contribution in [0, 0.1) is 0 Å². The maximum Gasteiger partial charge on any atom is 0.269 e. The molecule has 0 saturated heterocycles. The Balaban J connectivity index is 2.05. The molecule has 1 aliphatic heterocycles. The summed E-state index contributed by atoms with van der Waals surface area (Å²) in [5.41, 5.74) is 4.28. The number of nitrogens with zero attached hydrogens (tertiary/aromatic N) is 5. The number of hydrogen-bond acceptors (Lipinski definition) is 2. The lowest BCUT2D eigenvalue weighted by atomic mass is 10.2. The number of aromatic nitrogens is 5. The summed E-state index contributed by atoms with van der Waals surface area (Å²) in [6.07, 6.45) is 5.17. The summed E-state index contributed by atoms with van der Waals surface area (Å²) in [6.45, 7) is -1.68. The first kappa shape index (κ1) is 8.56. The Morgan fingerprint density at radius 2 is 2.24 bits per heavy atom. The molecule has 5 heterocycles. The largest absolute Gasteiger partial charge is 0.269 e. The van der Waals surface area contributed by atoms with Crippen molar-refractivity contribution in [2.75, 3.05) is 0 Å². The summed E-state index contributed by atoms with van der Waals surface area (Å²) >= 11 is 0. The molecule has 0 aromatic carbocycles. The molecule has 5 heteroatoms. The maximum atomic E-state index is 8.10. The molecule has 0 amide bonds. The lowest BCUT2D eigenvalue weighted by Crippen LogP contribution is -2.33. The fourth-order valence-corrected chi connectivity index (χ4v) is 3.42. The highest BCUT2D eigenvalue weighted by molar-refractivity contribution is 6.04. The first-order valence-corrected chi connectivity index (χ1v) is 6.80. The van der Waals surface area contributed by atoms with Gasteiger partial charge in [0, 0.05) is 18.0 Å². The Labute approximate surface area is 125 Å². The molecule has 21 heavy (non-hydrogen) atoms. The third-order valence-electron chi connectivity index (χ3n) is 4.32. The molecule has 0 N–H and O–H groups in total. The molecular formula is C16H14N5+. The van der Waals surface area contributed by atoms with Gasteiger partial charge in [0.25, 0.3) is 11.5 Å². The van der Waals surface area contributed by atoms with Crippen LogP contribution in [-0.4, -0.2) is 19.1 Å². The summed E-state index contributed by atoms with van der Waals surface area (Å²) in [5, 5.41) is 0.887. The standard InChI is InChI=1S/C16H14N5/c1-19-12-8-17-7-5-11(12)14-16(19)21-9-10-4-3-6-18-13(10)15(21)20(14)2/h3-8H,9H2,1-2H3/q+1/i2D3. The molecule has 0 spiro atoms. The van der Waals surface area contributed by atoms with Gasteiger partial charge in [0.1, 0.15) is 11.2 Å². The molecule has 102 valence electrons. The number of rotatable bonds is 0. The van der Waals surface area contributed by atoms with Crippen LogP contribution < -0.4 is 4.57 Å². The third kappa shape index (κ3) is 1.15. The number of hydrogen-bond donors (Lipinski definition) is 0. The zero-order valence-electron chi connectivity index (χ0n) is 14.4. The van der Waals surface area contributed by atoms with Crippen molar-refractivity contribution in [2.24, 2.45) is 14.0 Å². The molecule has 4 aromatic heterocycles. The first-order valence-electron chi connectivity index (χ1n) is 8.30. The van der Waals surface area contributed by atoms with E-state index in [-0.39, 0.29) is 0 Å². The van der Waals surface area contributed by atoms with Crippen LogP contribution in [-0.2, 0) is 20.6 Å². The monoisotopic (exact) mass is 279 g/mol. The molecule has 5 nitrogen and oxygen atoms in total. The molecule has 0 saturated carbocycles. The topological polar surface area (TPSA) is 39.5 Å². The van der Waals surface area contributed by atoms with Crippen LogP contribution in [0.4, 0.5) is 0 Å². The van der Waals surface area contributed by atoms with E-state index in [2.05, 4.69) is 9.97 Å². The maximum absolute atomic E-state index is 8.10. The van der Waals surface area contributed by atoms with Crippen molar-refractivity contribution in [3.05, 3.63) is 42.4 Å². The molecule has 0 unspecified atom stereocenters. The SMILES string of the molecule is [2H]C([2H])([2H])n1c2[n+](c3c1c1ccncc1n3C)Cc1cccnc1-2. The van der Waals surface area contributed by atoms with Gasteiger partial charge in [-0.1, -0.05) is 6.07 Å². The molecule has 4 aromatic rings. The van der Waals surface area contributed by atoms with E-state index in [1.54, 1.807) is 18.6 Å². The fourth-order valence-electron chi connectivity index (χ4n) is 3.42. The second kappa shape index (κ2) is 3.49. The zero-order valence-corrected chi connectivity index (χ0v) is 11.4. The summed E-state index contributed by atoms with van der Waals surface area (Å²) in [5.74, 6) is 0.643. The Morgan fingerprint density at radius 3 is 3.14 bits per heavy atom. The minimum absolute atomic E-state index is 0.621. The lowest BCUT2D eigenvalue weighted by Gasteiger charge is -1.96. The Morgan fingerprint density at radius 1 is 1.29 bits per heavy atom. The number of pyridine rings is 2. The second-order valence-corrected chi connectivity index (χ2v) is 5.38. The average Bonchev–Trinajstić information content (AvgIpc) is 3.15. The van der Waals surface area contributed by atoms with Gasteiger partial charge in [-0.3, -0.25) is 14.1 Å². The zero-order chi connectivity index (χ0) is 16.6. The highest BCUT2D eigenvalue weighted by atomic mass is 15.2. The molecule has 5 rings (SSSR count). The fraction of sp³-hybridized carbons (Fsp3) is 0.188. The highest BCUT2D eigenvalue weighted by Gasteiger charge is 2.35. The van der Waals surface area contributed by atoms with E-state index < -0.39 is 6.98 Å². The Hall–Kier alpha value is -2.69. The van der Waals surface area contributed by atoms with E-state index in [9.17, 15) is 0 Å². The normalized spacial score (nSPS) is 15.8. The highest BCUT2D eigenvalue weighted by Crippen LogP contribution is 2.33. The number of imidazole rings is 1. The van der Waals surface area contributed by atoms with Crippen LogP contribution in [0.2, 0.25) is 0 Å². The minimum Gasteiger partial charge on any atom is -0.261 e. The smallest absolute Gasteiger partial charge is 0.261 e. The van der Waals surface area contributed by atoms with E-state index in [0.717, 1.165) is 27.8 Å². The van der Waals surface area contributed by atoms with Gasteiger partial charge in [-0.05, 0) is 12.1 Å². The van der Waals surface area contributed by atoms with Gasteiger partial charge in [0.05, 0.1) is 36.3 Å². The molecule has 0 aliphatic carbocycles. The predicted molar refractivity (Wildman–Crippen MR) is 79.7 cm³/mol. The van der Waals surface area contributed by atoms with Gasteiger partial charge in [0.15, 0.2) is 5.52 Å². The summed E-state index contributed by atoms with van der Waals surface area (Å²) in [4.78, 5) is 8.63. The Bertz CT molecular complexity index is 1140. The molecule has 1 aliphatic rings. The van der Waals surface area contributed by atoms with Crippen molar-refractivity contribution in [3.8, 4) is 11.5 Å². The summed E-state index contributed by atoms with van der Waals surface area (Å²) in [6, 6.07) is 5.75. The minimum atomic E-state index is -2.30. The van der Waals surface area contributed by atoms with E-state index in [4.69, 9.17) is 4.11 Å². The average molecular weight is 279 g/mol. The Kier molecular flexibility index (Phi) is 1.42. The van der Waals surface area contributed by atoms with Crippen LogP contribution in [0.3, 0.4) is 0 Å².